The molecular formula is C22H25N5O3. The molecule has 156 valence electrons. The van der Waals surface area contributed by atoms with E-state index in [1.165, 1.54) is 0 Å². The molecule has 1 atom stereocenters. The summed E-state index contributed by atoms with van der Waals surface area (Å²) in [6.45, 7) is 3.21. The Morgan fingerprint density at radius 2 is 2.03 bits per heavy atom. The van der Waals surface area contributed by atoms with E-state index >= 15 is 0 Å². The molecule has 2 aromatic heterocycles. The lowest BCUT2D eigenvalue weighted by atomic mass is 10.1. The summed E-state index contributed by atoms with van der Waals surface area (Å²) in [5.41, 5.74) is 3.88. The predicted molar refractivity (Wildman–Crippen MR) is 115 cm³/mol. The molecule has 0 fully saturated rings. The van der Waals surface area contributed by atoms with Crippen molar-refractivity contribution in [1.29, 1.82) is 0 Å². The van der Waals surface area contributed by atoms with Gasteiger partial charge in [0.1, 0.15) is 17.4 Å². The molecule has 4 rings (SSSR count). The van der Waals surface area contributed by atoms with E-state index in [9.17, 15) is 9.90 Å². The van der Waals surface area contributed by atoms with E-state index in [1.54, 1.807) is 31.4 Å². The summed E-state index contributed by atoms with van der Waals surface area (Å²) in [5.74, 6) is 1.60. The van der Waals surface area contributed by atoms with Crippen LogP contribution in [-0.2, 0) is 11.8 Å². The van der Waals surface area contributed by atoms with Crippen LogP contribution in [0.2, 0.25) is 0 Å². The number of methoxy groups -OCH3 is 1. The number of phenols is 1. The van der Waals surface area contributed by atoms with Crippen LogP contribution < -0.4 is 5.32 Å². The fraction of sp³-hybridized carbons (Fsp3) is 0.318. The number of aromatic nitrogens is 4. The van der Waals surface area contributed by atoms with Gasteiger partial charge >= 0.3 is 0 Å². The number of benzene rings is 2. The number of hydrogen-bond donors (Lipinski definition) is 3. The van der Waals surface area contributed by atoms with Crippen molar-refractivity contribution in [3.05, 3.63) is 53.6 Å². The van der Waals surface area contributed by atoms with E-state index < -0.39 is 0 Å². The first-order valence-electron chi connectivity index (χ1n) is 9.90. The van der Waals surface area contributed by atoms with Crippen LogP contribution in [-0.4, -0.2) is 50.8 Å². The maximum Gasteiger partial charge on any atom is 0.251 e. The Bertz CT molecular complexity index is 1210. The Morgan fingerprint density at radius 1 is 1.23 bits per heavy atom. The number of fused-ring (bicyclic) bond motifs is 2. The van der Waals surface area contributed by atoms with E-state index in [4.69, 9.17) is 9.72 Å². The maximum absolute atomic E-state index is 12.4. The summed E-state index contributed by atoms with van der Waals surface area (Å²) >= 11 is 0. The van der Waals surface area contributed by atoms with Gasteiger partial charge in [-0.3, -0.25) is 4.79 Å². The minimum Gasteiger partial charge on any atom is -0.508 e. The molecule has 0 radical (unpaired) electrons. The molecule has 0 saturated heterocycles. The molecule has 0 saturated carbocycles. The minimum atomic E-state index is -0.110. The zero-order chi connectivity index (χ0) is 21.3. The van der Waals surface area contributed by atoms with Gasteiger partial charge < -0.3 is 24.7 Å². The normalized spacial score (nSPS) is 12.5. The van der Waals surface area contributed by atoms with E-state index in [0.717, 1.165) is 40.1 Å². The van der Waals surface area contributed by atoms with Crippen LogP contribution >= 0.6 is 0 Å². The zero-order valence-corrected chi connectivity index (χ0v) is 17.3. The number of hydrogen-bond acceptors (Lipinski definition) is 5. The largest absolute Gasteiger partial charge is 0.508 e. The number of H-pyrrole nitrogens is 1. The average molecular weight is 407 g/mol. The smallest absolute Gasteiger partial charge is 0.251 e. The first-order valence-corrected chi connectivity index (χ1v) is 9.90. The first kappa shape index (κ1) is 19.9. The minimum absolute atomic E-state index is 0.0942. The van der Waals surface area contributed by atoms with Gasteiger partial charge in [0.15, 0.2) is 0 Å². The lowest BCUT2D eigenvalue weighted by Gasteiger charge is -2.09. The number of imidazole rings is 2. The van der Waals surface area contributed by atoms with Crippen LogP contribution in [0.4, 0.5) is 0 Å². The lowest BCUT2D eigenvalue weighted by Crippen LogP contribution is -2.25. The summed E-state index contributed by atoms with van der Waals surface area (Å²) in [6.07, 6.45) is 0.771. The zero-order valence-electron chi connectivity index (χ0n) is 17.3. The molecule has 1 amide bonds. The number of phenolic OH excluding ortho intramolecular Hbond substituents is 1. The Kier molecular flexibility index (Phi) is 5.41. The molecule has 2 aromatic carbocycles. The molecule has 8 nitrogen and oxygen atoms in total. The van der Waals surface area contributed by atoms with Gasteiger partial charge in [0.25, 0.3) is 5.91 Å². The highest BCUT2D eigenvalue weighted by molar-refractivity contribution is 5.97. The quantitative estimate of drug-likeness (QED) is 0.408. The highest BCUT2D eigenvalue weighted by Crippen LogP contribution is 2.28. The third kappa shape index (κ3) is 3.73. The summed E-state index contributed by atoms with van der Waals surface area (Å²) < 4.78 is 7.00. The highest BCUT2D eigenvalue weighted by atomic mass is 16.5. The number of ether oxygens (including phenoxy) is 1. The summed E-state index contributed by atoms with van der Waals surface area (Å²) in [7, 11) is 3.59. The van der Waals surface area contributed by atoms with E-state index in [1.807, 2.05) is 30.7 Å². The second-order valence-corrected chi connectivity index (χ2v) is 7.38. The van der Waals surface area contributed by atoms with Crippen LogP contribution in [0.15, 0.2) is 36.4 Å². The topological polar surface area (TPSA) is 105 Å². The fourth-order valence-corrected chi connectivity index (χ4v) is 3.60. The molecule has 8 heteroatoms. The first-order chi connectivity index (χ1) is 14.5. The molecule has 3 N–H and O–H groups in total. The van der Waals surface area contributed by atoms with Crippen LogP contribution in [0, 0.1) is 0 Å². The van der Waals surface area contributed by atoms with Crippen molar-refractivity contribution in [1.82, 2.24) is 24.8 Å². The molecule has 0 aliphatic carbocycles. The van der Waals surface area contributed by atoms with E-state index in [2.05, 4.69) is 15.3 Å². The van der Waals surface area contributed by atoms with Crippen molar-refractivity contribution in [2.24, 2.45) is 7.05 Å². The third-order valence-electron chi connectivity index (χ3n) is 5.27. The van der Waals surface area contributed by atoms with Gasteiger partial charge in [-0.2, -0.15) is 0 Å². The maximum atomic E-state index is 12.4. The molecule has 0 bridgehead atoms. The van der Waals surface area contributed by atoms with E-state index in [-0.39, 0.29) is 17.6 Å². The number of nitrogens with one attached hydrogen (secondary N) is 2. The third-order valence-corrected chi connectivity index (χ3v) is 5.27. The standard InChI is InChI=1S/C22H25N5O3/c1-13(20-24-16-8-6-15(28)12-18(16)25-20)21-26-17-7-5-14(11-19(17)27(21)2)22(29)23-9-4-10-30-3/h5-8,11-13,28H,4,9-10H2,1-3H3,(H,23,29)(H,24,25). The Labute approximate surface area is 173 Å². The molecular weight excluding hydrogens is 382 g/mol. The number of nitrogens with zero attached hydrogens (tertiary/aromatic N) is 3. The van der Waals surface area contributed by atoms with Crippen LogP contribution in [0.5, 0.6) is 5.75 Å². The number of carbonyl (C=O) groups excluding carboxylic acids is 1. The van der Waals surface area contributed by atoms with Gasteiger partial charge in [0.05, 0.1) is 28.0 Å². The average Bonchev–Trinajstić information content (AvgIpc) is 3.31. The fourth-order valence-electron chi connectivity index (χ4n) is 3.60. The van der Waals surface area contributed by atoms with Crippen molar-refractivity contribution < 1.29 is 14.6 Å². The molecule has 2 heterocycles. The van der Waals surface area contributed by atoms with Crippen molar-refractivity contribution in [2.45, 2.75) is 19.3 Å². The van der Waals surface area contributed by atoms with Gasteiger partial charge in [0.2, 0.25) is 0 Å². The van der Waals surface area contributed by atoms with Gasteiger partial charge in [-0.25, -0.2) is 9.97 Å². The van der Waals surface area contributed by atoms with Gasteiger partial charge in [0, 0.05) is 38.9 Å². The second kappa shape index (κ2) is 8.16. The van der Waals surface area contributed by atoms with Gasteiger partial charge in [-0.1, -0.05) is 0 Å². The summed E-state index contributed by atoms with van der Waals surface area (Å²) in [5, 5.41) is 12.6. The van der Waals surface area contributed by atoms with Gasteiger partial charge in [-0.05, 0) is 43.7 Å². The number of carbonyl (C=O) groups is 1. The van der Waals surface area contributed by atoms with Crippen molar-refractivity contribution in [2.75, 3.05) is 20.3 Å². The number of aromatic hydroxyl groups is 1. The number of amides is 1. The molecule has 0 spiro atoms. The Morgan fingerprint density at radius 3 is 2.83 bits per heavy atom. The van der Waals surface area contributed by atoms with Crippen LogP contribution in [0.1, 0.15) is 41.3 Å². The second-order valence-electron chi connectivity index (χ2n) is 7.38. The van der Waals surface area contributed by atoms with Crippen LogP contribution in [0.3, 0.4) is 0 Å². The molecule has 1 unspecified atom stereocenters. The van der Waals surface area contributed by atoms with Crippen molar-refractivity contribution >= 4 is 28.0 Å². The molecule has 4 aromatic rings. The summed E-state index contributed by atoms with van der Waals surface area (Å²) in [4.78, 5) is 25.1. The summed E-state index contributed by atoms with van der Waals surface area (Å²) in [6, 6.07) is 10.6. The van der Waals surface area contributed by atoms with Crippen LogP contribution in [0.25, 0.3) is 22.1 Å². The van der Waals surface area contributed by atoms with Crippen molar-refractivity contribution in [3.63, 3.8) is 0 Å². The monoisotopic (exact) mass is 407 g/mol. The molecule has 0 aliphatic heterocycles. The highest BCUT2D eigenvalue weighted by Gasteiger charge is 2.20. The lowest BCUT2D eigenvalue weighted by molar-refractivity contribution is 0.0948. The number of aromatic amines is 1. The van der Waals surface area contributed by atoms with Gasteiger partial charge in [-0.15, -0.1) is 0 Å². The molecule has 30 heavy (non-hydrogen) atoms. The number of rotatable bonds is 7. The Hall–Kier alpha value is -3.39. The van der Waals surface area contributed by atoms with E-state index in [0.29, 0.717) is 18.7 Å². The molecule has 0 aliphatic rings. The predicted octanol–water partition coefficient (Wildman–Crippen LogP) is 3.07. The number of aryl methyl sites for hydroxylation is 1. The Balaban J connectivity index is 1.61. The van der Waals surface area contributed by atoms with Crippen molar-refractivity contribution in [3.8, 4) is 5.75 Å². The SMILES string of the molecule is COCCCNC(=O)c1ccc2nc(C(C)c3nc4ccc(O)cc4[nH]3)n(C)c2c1.